The van der Waals surface area contributed by atoms with Crippen molar-refractivity contribution in [2.75, 3.05) is 20.2 Å². The fourth-order valence-electron chi connectivity index (χ4n) is 1.97. The Bertz CT molecular complexity index is 340. The number of ether oxygens (including phenoxy) is 2. The van der Waals surface area contributed by atoms with Crippen LogP contribution in [-0.4, -0.2) is 48.9 Å². The summed E-state index contributed by atoms with van der Waals surface area (Å²) in [6, 6.07) is 0. The molecule has 5 nitrogen and oxygen atoms in total. The second-order valence-corrected chi connectivity index (χ2v) is 5.77. The minimum absolute atomic E-state index is 0.0312. The maximum Gasteiger partial charge on any atom is 0.410 e. The summed E-state index contributed by atoms with van der Waals surface area (Å²) in [6.45, 7) is 5.67. The van der Waals surface area contributed by atoms with Crippen molar-refractivity contribution in [3.05, 3.63) is 0 Å². The molecule has 110 valence electrons. The van der Waals surface area contributed by atoms with Crippen LogP contribution in [0.2, 0.25) is 0 Å². The number of hydrogen-bond donors (Lipinski definition) is 0. The first kappa shape index (κ1) is 15.7. The van der Waals surface area contributed by atoms with Gasteiger partial charge in [-0.05, 0) is 27.2 Å². The van der Waals surface area contributed by atoms with E-state index in [2.05, 4.69) is 4.74 Å². The first-order valence-electron chi connectivity index (χ1n) is 6.41. The average molecular weight is 275 g/mol. The molecular formula is C13H22FNO4. The van der Waals surface area contributed by atoms with E-state index in [1.807, 2.05) is 0 Å². The largest absolute Gasteiger partial charge is 0.469 e. The molecule has 0 saturated carbocycles. The molecule has 1 fully saturated rings. The predicted molar refractivity (Wildman–Crippen MR) is 67.4 cm³/mol. The van der Waals surface area contributed by atoms with Gasteiger partial charge in [0.05, 0.1) is 20.1 Å². The van der Waals surface area contributed by atoms with Gasteiger partial charge in [-0.2, -0.15) is 0 Å². The monoisotopic (exact) mass is 275 g/mol. The zero-order valence-electron chi connectivity index (χ0n) is 11.9. The number of nitrogens with zero attached hydrogens (tertiary/aromatic N) is 1. The van der Waals surface area contributed by atoms with Crippen molar-refractivity contribution >= 4 is 12.1 Å². The minimum Gasteiger partial charge on any atom is -0.469 e. The van der Waals surface area contributed by atoms with Gasteiger partial charge >= 0.3 is 12.1 Å². The molecule has 0 aromatic rings. The van der Waals surface area contributed by atoms with Crippen LogP contribution >= 0.6 is 0 Å². The van der Waals surface area contributed by atoms with Crippen LogP contribution in [0.3, 0.4) is 0 Å². The number of likely N-dealkylation sites (tertiary alicyclic amines) is 1. The van der Waals surface area contributed by atoms with Gasteiger partial charge in [-0.3, -0.25) is 4.79 Å². The lowest BCUT2D eigenvalue weighted by Gasteiger charge is -2.35. The number of amides is 1. The van der Waals surface area contributed by atoms with Crippen molar-refractivity contribution in [1.29, 1.82) is 0 Å². The average Bonchev–Trinajstić information content (AvgIpc) is 2.29. The van der Waals surface area contributed by atoms with Gasteiger partial charge in [0.1, 0.15) is 11.8 Å². The maximum absolute atomic E-state index is 13.9. The van der Waals surface area contributed by atoms with Crippen LogP contribution in [0.5, 0.6) is 0 Å². The van der Waals surface area contributed by atoms with Crippen LogP contribution in [0.15, 0.2) is 0 Å². The van der Waals surface area contributed by atoms with Crippen molar-refractivity contribution < 1.29 is 23.5 Å². The molecule has 19 heavy (non-hydrogen) atoms. The molecule has 1 aliphatic heterocycles. The van der Waals surface area contributed by atoms with E-state index >= 15 is 0 Å². The molecule has 1 rings (SSSR count). The molecule has 0 radical (unpaired) electrons. The van der Waals surface area contributed by atoms with Crippen LogP contribution in [0, 0.1) is 5.92 Å². The fraction of sp³-hybridized carbons (Fsp3) is 0.846. The van der Waals surface area contributed by atoms with E-state index in [4.69, 9.17) is 4.74 Å². The number of methoxy groups -OCH3 is 1. The van der Waals surface area contributed by atoms with Crippen molar-refractivity contribution in [1.82, 2.24) is 4.90 Å². The van der Waals surface area contributed by atoms with Crippen molar-refractivity contribution in [3.8, 4) is 0 Å². The lowest BCUT2D eigenvalue weighted by molar-refractivity contribution is -0.142. The summed E-state index contributed by atoms with van der Waals surface area (Å²) in [6.07, 6.45) is -1.23. The molecule has 6 heteroatoms. The lowest BCUT2D eigenvalue weighted by Crippen LogP contribution is -2.47. The predicted octanol–water partition coefficient (Wildman–Crippen LogP) is 2.14. The highest BCUT2D eigenvalue weighted by Gasteiger charge is 2.34. The number of hydrogen-bond acceptors (Lipinski definition) is 4. The van der Waals surface area contributed by atoms with E-state index in [1.165, 1.54) is 12.0 Å². The second-order valence-electron chi connectivity index (χ2n) is 5.77. The Hall–Kier alpha value is -1.33. The van der Waals surface area contributed by atoms with Crippen LogP contribution in [0.4, 0.5) is 9.18 Å². The van der Waals surface area contributed by atoms with E-state index in [0.717, 1.165) is 0 Å². The molecule has 0 aromatic heterocycles. The Morgan fingerprint density at radius 2 is 2.00 bits per heavy atom. The second kappa shape index (κ2) is 6.21. The van der Waals surface area contributed by atoms with Crippen LogP contribution in [0.1, 0.15) is 33.6 Å². The number of carbonyl (C=O) groups excluding carboxylic acids is 2. The Morgan fingerprint density at radius 1 is 1.37 bits per heavy atom. The summed E-state index contributed by atoms with van der Waals surface area (Å²) in [5.74, 6) is -0.801. The number of halogens is 1. The highest BCUT2D eigenvalue weighted by Crippen LogP contribution is 2.25. The molecule has 0 aromatic carbocycles. The quantitative estimate of drug-likeness (QED) is 0.725. The van der Waals surface area contributed by atoms with Crippen LogP contribution < -0.4 is 0 Å². The normalized spacial score (nSPS) is 23.9. The molecule has 0 unspecified atom stereocenters. The smallest absolute Gasteiger partial charge is 0.410 e. The maximum atomic E-state index is 13.9. The first-order chi connectivity index (χ1) is 8.73. The fourth-order valence-corrected chi connectivity index (χ4v) is 1.97. The number of rotatable bonds is 2. The standard InChI is InChI=1S/C13H22FNO4/c1-13(2,3)19-12(17)15-6-5-9(10(14)8-15)7-11(16)18-4/h9-10H,5-8H2,1-4H3/t9-,10+/m0/s1. The van der Waals surface area contributed by atoms with Gasteiger partial charge in [0, 0.05) is 12.5 Å². The molecular weight excluding hydrogens is 253 g/mol. The van der Waals surface area contributed by atoms with E-state index in [0.29, 0.717) is 13.0 Å². The third-order valence-electron chi connectivity index (χ3n) is 2.98. The van der Waals surface area contributed by atoms with Gasteiger partial charge < -0.3 is 14.4 Å². The molecule has 0 spiro atoms. The highest BCUT2D eigenvalue weighted by molar-refractivity contribution is 5.70. The minimum atomic E-state index is -1.22. The molecule has 1 aliphatic rings. The molecule has 0 N–H and O–H groups in total. The van der Waals surface area contributed by atoms with Gasteiger partial charge in [-0.25, -0.2) is 9.18 Å². The van der Waals surface area contributed by atoms with E-state index in [-0.39, 0.29) is 18.9 Å². The van der Waals surface area contributed by atoms with E-state index in [9.17, 15) is 14.0 Å². The summed E-state index contributed by atoms with van der Waals surface area (Å²) in [7, 11) is 1.28. The van der Waals surface area contributed by atoms with Gasteiger partial charge in [-0.1, -0.05) is 0 Å². The SMILES string of the molecule is COC(=O)C[C@@H]1CCN(C(=O)OC(C)(C)C)C[C@H]1F. The molecule has 1 heterocycles. The summed E-state index contributed by atoms with van der Waals surface area (Å²) < 4.78 is 23.7. The number of alkyl halides is 1. The zero-order chi connectivity index (χ0) is 14.6. The van der Waals surface area contributed by atoms with Crippen molar-refractivity contribution in [2.24, 2.45) is 5.92 Å². The van der Waals surface area contributed by atoms with E-state index < -0.39 is 23.8 Å². The third-order valence-corrected chi connectivity index (χ3v) is 2.98. The zero-order valence-corrected chi connectivity index (χ0v) is 11.9. The summed E-state index contributed by atoms with van der Waals surface area (Å²) in [4.78, 5) is 24.3. The third kappa shape index (κ3) is 5.04. The Balaban J connectivity index is 2.49. The lowest BCUT2D eigenvalue weighted by atomic mass is 9.92. The highest BCUT2D eigenvalue weighted by atomic mass is 19.1. The number of esters is 1. The van der Waals surface area contributed by atoms with Gasteiger partial charge in [0.2, 0.25) is 0 Å². The van der Waals surface area contributed by atoms with Crippen LogP contribution in [0.25, 0.3) is 0 Å². The topological polar surface area (TPSA) is 55.8 Å². The number of carbonyl (C=O) groups is 2. The Kier molecular flexibility index (Phi) is 5.14. The summed E-state index contributed by atoms with van der Waals surface area (Å²) >= 11 is 0. The molecule has 1 amide bonds. The van der Waals surface area contributed by atoms with Crippen molar-refractivity contribution in [3.63, 3.8) is 0 Å². The molecule has 0 aliphatic carbocycles. The Morgan fingerprint density at radius 3 is 2.47 bits per heavy atom. The molecule has 0 bridgehead atoms. The van der Waals surface area contributed by atoms with Gasteiger partial charge in [0.25, 0.3) is 0 Å². The van der Waals surface area contributed by atoms with E-state index in [1.54, 1.807) is 20.8 Å². The summed E-state index contributed by atoms with van der Waals surface area (Å²) in [5.41, 5.74) is -0.592. The summed E-state index contributed by atoms with van der Waals surface area (Å²) in [5, 5.41) is 0. The Labute approximate surface area is 113 Å². The van der Waals surface area contributed by atoms with Crippen LogP contribution in [-0.2, 0) is 14.3 Å². The van der Waals surface area contributed by atoms with Crippen molar-refractivity contribution in [2.45, 2.75) is 45.4 Å². The number of piperidine rings is 1. The molecule has 2 atom stereocenters. The van der Waals surface area contributed by atoms with Gasteiger partial charge in [-0.15, -0.1) is 0 Å². The molecule has 1 saturated heterocycles. The first-order valence-corrected chi connectivity index (χ1v) is 6.41. The van der Waals surface area contributed by atoms with Gasteiger partial charge in [0.15, 0.2) is 0 Å².